The van der Waals surface area contributed by atoms with Crippen molar-refractivity contribution in [3.8, 4) is 0 Å². The van der Waals surface area contributed by atoms with E-state index >= 15 is 0 Å². The summed E-state index contributed by atoms with van der Waals surface area (Å²) in [7, 11) is 0. The zero-order chi connectivity index (χ0) is 23.8. The van der Waals surface area contributed by atoms with Gasteiger partial charge in [0.2, 0.25) is 0 Å². The average molecular weight is 459 g/mol. The number of nitrogens with zero attached hydrogens (tertiary/aromatic N) is 1. The molecule has 1 saturated heterocycles. The van der Waals surface area contributed by atoms with E-state index in [4.69, 9.17) is 5.73 Å². The van der Waals surface area contributed by atoms with Crippen LogP contribution in [0.4, 0.5) is 32.0 Å². The molecule has 172 valence electrons. The van der Waals surface area contributed by atoms with E-state index in [1.807, 2.05) is 0 Å². The first-order valence-corrected chi connectivity index (χ1v) is 9.51. The first kappa shape index (κ1) is 23.6. The van der Waals surface area contributed by atoms with Gasteiger partial charge in [-0.3, -0.25) is 9.59 Å². The Morgan fingerprint density at radius 1 is 1.12 bits per heavy atom. The number of likely N-dealkylation sites (tertiary alicyclic amines) is 1. The number of anilines is 1. The Hall–Kier alpha value is -3.08. The molecule has 32 heavy (non-hydrogen) atoms. The van der Waals surface area contributed by atoms with E-state index in [1.165, 1.54) is 19.1 Å². The molecule has 2 aromatic rings. The fourth-order valence-electron chi connectivity index (χ4n) is 3.28. The lowest BCUT2D eigenvalue weighted by Crippen LogP contribution is -2.58. The number of carbonyl (C=O) groups is 2. The summed E-state index contributed by atoms with van der Waals surface area (Å²) in [5.74, 6) is -13.0. The molecule has 11 heteroatoms. The minimum Gasteiger partial charge on any atom is -0.331 e. The molecule has 1 heterocycles. The predicted molar refractivity (Wildman–Crippen MR) is 104 cm³/mol. The summed E-state index contributed by atoms with van der Waals surface area (Å²) in [4.78, 5) is 25.0. The summed E-state index contributed by atoms with van der Waals surface area (Å²) in [6, 6.07) is 4.02. The largest absolute Gasteiger partial charge is 0.352 e. The first-order chi connectivity index (χ1) is 14.8. The molecule has 1 unspecified atom stereocenters. The SMILES string of the molecule is Cc1cc(NC(=O)c2ccc(F)c(C(F)(F)C(=O)N3CCC(N)C(F)(F)C3)c2)ccc1F. The molecule has 5 nitrogen and oxygen atoms in total. The highest BCUT2D eigenvalue weighted by molar-refractivity contribution is 6.04. The van der Waals surface area contributed by atoms with E-state index in [2.05, 4.69) is 5.32 Å². The number of hydrogen-bond donors (Lipinski definition) is 2. The van der Waals surface area contributed by atoms with Gasteiger partial charge in [0.1, 0.15) is 11.6 Å². The number of benzene rings is 2. The second kappa shape index (κ2) is 8.45. The molecule has 1 aliphatic heterocycles. The Bertz CT molecular complexity index is 1060. The van der Waals surface area contributed by atoms with Crippen LogP contribution in [0.1, 0.15) is 27.9 Å². The summed E-state index contributed by atoms with van der Waals surface area (Å²) in [6.07, 6.45) is -0.406. The molecular formula is C21H19F6N3O2. The number of halogens is 6. The Labute approximate surface area is 179 Å². The van der Waals surface area contributed by atoms with Crippen LogP contribution in [-0.2, 0) is 10.7 Å². The third-order valence-electron chi connectivity index (χ3n) is 5.19. The minimum absolute atomic E-state index is 0.162. The molecule has 3 N–H and O–H groups in total. The van der Waals surface area contributed by atoms with Crippen LogP contribution in [0.15, 0.2) is 36.4 Å². The Morgan fingerprint density at radius 2 is 1.78 bits per heavy atom. The molecule has 0 saturated carbocycles. The number of alkyl halides is 4. The fraction of sp³-hybridized carbons (Fsp3) is 0.333. The van der Waals surface area contributed by atoms with E-state index < -0.39 is 72.0 Å². The van der Waals surface area contributed by atoms with Gasteiger partial charge in [-0.1, -0.05) is 0 Å². The highest BCUT2D eigenvalue weighted by Gasteiger charge is 2.51. The standard InChI is InChI=1S/C21H19F6N3O2/c1-11-8-13(3-5-15(11)22)29-18(31)12-2-4-16(23)14(9-12)21(26,27)19(32)30-7-6-17(28)20(24,25)10-30/h2-5,8-9,17H,6-7,10,28H2,1H3,(H,29,31). The molecule has 0 bridgehead atoms. The number of carbonyl (C=O) groups excluding carboxylic acids is 2. The molecule has 0 aromatic heterocycles. The number of rotatable bonds is 4. The van der Waals surface area contributed by atoms with Crippen molar-refractivity contribution in [2.24, 2.45) is 5.73 Å². The molecule has 0 spiro atoms. The molecule has 2 aromatic carbocycles. The summed E-state index contributed by atoms with van der Waals surface area (Å²) in [5.41, 5.74) is 3.79. The third-order valence-corrected chi connectivity index (χ3v) is 5.19. The van der Waals surface area contributed by atoms with Gasteiger partial charge in [0, 0.05) is 17.8 Å². The summed E-state index contributed by atoms with van der Waals surface area (Å²) >= 11 is 0. The van der Waals surface area contributed by atoms with Crippen LogP contribution in [0, 0.1) is 18.6 Å². The second-order valence-corrected chi connectivity index (χ2v) is 7.57. The van der Waals surface area contributed by atoms with Crippen LogP contribution in [0.25, 0.3) is 0 Å². The van der Waals surface area contributed by atoms with Crippen molar-refractivity contribution in [2.75, 3.05) is 18.4 Å². The monoisotopic (exact) mass is 459 g/mol. The van der Waals surface area contributed by atoms with Gasteiger partial charge in [-0.2, -0.15) is 8.78 Å². The molecular weight excluding hydrogens is 440 g/mol. The van der Waals surface area contributed by atoms with Crippen molar-refractivity contribution in [2.45, 2.75) is 31.2 Å². The third kappa shape index (κ3) is 4.57. The first-order valence-electron chi connectivity index (χ1n) is 9.51. The van der Waals surface area contributed by atoms with E-state index in [9.17, 15) is 35.9 Å². The highest BCUT2D eigenvalue weighted by atomic mass is 19.3. The average Bonchev–Trinajstić information content (AvgIpc) is 2.72. The van der Waals surface area contributed by atoms with Gasteiger partial charge in [0.05, 0.1) is 18.2 Å². The molecule has 1 atom stereocenters. The number of piperidine rings is 1. The van der Waals surface area contributed by atoms with Crippen molar-refractivity contribution in [1.82, 2.24) is 4.90 Å². The second-order valence-electron chi connectivity index (χ2n) is 7.57. The zero-order valence-corrected chi connectivity index (χ0v) is 16.8. The number of nitrogens with two attached hydrogens (primary N) is 1. The van der Waals surface area contributed by atoms with Crippen molar-refractivity contribution in [1.29, 1.82) is 0 Å². The normalized spacial score (nSPS) is 18.4. The zero-order valence-electron chi connectivity index (χ0n) is 16.8. The van der Waals surface area contributed by atoms with Gasteiger partial charge in [-0.15, -0.1) is 0 Å². The van der Waals surface area contributed by atoms with Gasteiger partial charge in [0.25, 0.3) is 17.7 Å². The van der Waals surface area contributed by atoms with Crippen LogP contribution in [0.2, 0.25) is 0 Å². The lowest BCUT2D eigenvalue weighted by atomic mass is 9.98. The quantitative estimate of drug-likeness (QED) is 0.683. The van der Waals surface area contributed by atoms with Crippen LogP contribution in [0.5, 0.6) is 0 Å². The molecule has 3 rings (SSSR count). The number of hydrogen-bond acceptors (Lipinski definition) is 3. The minimum atomic E-state index is -4.51. The Balaban J connectivity index is 1.85. The number of nitrogens with one attached hydrogen (secondary N) is 1. The summed E-state index contributed by atoms with van der Waals surface area (Å²) < 4.78 is 84.8. The molecule has 0 radical (unpaired) electrons. The van der Waals surface area contributed by atoms with Crippen LogP contribution in [-0.4, -0.2) is 41.8 Å². The number of amides is 2. The fourth-order valence-corrected chi connectivity index (χ4v) is 3.28. The van der Waals surface area contributed by atoms with E-state index in [0.717, 1.165) is 12.1 Å². The molecule has 1 fully saturated rings. The lowest BCUT2D eigenvalue weighted by molar-refractivity contribution is -0.170. The Kier molecular flexibility index (Phi) is 6.23. The summed E-state index contributed by atoms with van der Waals surface area (Å²) in [6.45, 7) is -0.324. The topological polar surface area (TPSA) is 75.4 Å². The maximum absolute atomic E-state index is 14.8. The van der Waals surface area contributed by atoms with Gasteiger partial charge in [-0.25, -0.2) is 17.6 Å². The maximum atomic E-state index is 14.8. The highest BCUT2D eigenvalue weighted by Crippen LogP contribution is 2.36. The molecule has 2 amide bonds. The van der Waals surface area contributed by atoms with Gasteiger partial charge in [-0.05, 0) is 55.3 Å². The van der Waals surface area contributed by atoms with E-state index in [-0.39, 0.29) is 16.2 Å². The van der Waals surface area contributed by atoms with Crippen LogP contribution in [0.3, 0.4) is 0 Å². The van der Waals surface area contributed by atoms with Crippen LogP contribution >= 0.6 is 0 Å². The molecule has 1 aliphatic rings. The van der Waals surface area contributed by atoms with E-state index in [1.54, 1.807) is 0 Å². The van der Waals surface area contributed by atoms with Gasteiger partial charge >= 0.3 is 5.92 Å². The smallest absolute Gasteiger partial charge is 0.331 e. The van der Waals surface area contributed by atoms with Gasteiger partial charge in [0.15, 0.2) is 0 Å². The van der Waals surface area contributed by atoms with Gasteiger partial charge < -0.3 is 16.0 Å². The van der Waals surface area contributed by atoms with Crippen molar-refractivity contribution >= 4 is 17.5 Å². The van der Waals surface area contributed by atoms with Crippen molar-refractivity contribution < 1.29 is 35.9 Å². The number of aryl methyl sites for hydroxylation is 1. The molecule has 0 aliphatic carbocycles. The lowest BCUT2D eigenvalue weighted by Gasteiger charge is -2.37. The van der Waals surface area contributed by atoms with Crippen molar-refractivity contribution in [3.63, 3.8) is 0 Å². The van der Waals surface area contributed by atoms with Crippen LogP contribution < -0.4 is 11.1 Å². The maximum Gasteiger partial charge on any atom is 0.352 e. The predicted octanol–water partition coefficient (Wildman–Crippen LogP) is 3.81. The Morgan fingerprint density at radius 3 is 2.41 bits per heavy atom. The van der Waals surface area contributed by atoms with Crippen molar-refractivity contribution in [3.05, 3.63) is 64.7 Å². The van der Waals surface area contributed by atoms with E-state index in [0.29, 0.717) is 12.1 Å². The summed E-state index contributed by atoms with van der Waals surface area (Å²) in [5, 5.41) is 2.35.